The lowest BCUT2D eigenvalue weighted by atomic mass is 9.90. The van der Waals surface area contributed by atoms with Crippen LogP contribution in [0.5, 0.6) is 0 Å². The summed E-state index contributed by atoms with van der Waals surface area (Å²) in [6.07, 6.45) is 3.62. The number of carbonyl (C=O) groups is 1. The predicted octanol–water partition coefficient (Wildman–Crippen LogP) is 3.42. The molecule has 1 atom stereocenters. The molecule has 0 spiro atoms. The fourth-order valence-corrected chi connectivity index (χ4v) is 3.81. The highest BCUT2D eigenvalue weighted by atomic mass is 35.5. The summed E-state index contributed by atoms with van der Waals surface area (Å²) in [6.45, 7) is 3.40. The first kappa shape index (κ1) is 17.0. The highest BCUT2D eigenvalue weighted by Gasteiger charge is 2.29. The van der Waals surface area contributed by atoms with Gasteiger partial charge >= 0.3 is 0 Å². The second-order valence-corrected chi connectivity index (χ2v) is 7.20. The third kappa shape index (κ3) is 3.05. The molecule has 7 heteroatoms. The quantitative estimate of drug-likeness (QED) is 0.662. The standard InChI is InChI=1S/C19H20ClN5O/c1-12-22-18-16(10-21-24(18)2)19(23-12)25-8-4-6-14(11-25)17(26)13-5-3-7-15(20)9-13/h3,5,7,9-10,14H,4,6,8,11H2,1-2H3/t14-/m1/s1. The summed E-state index contributed by atoms with van der Waals surface area (Å²) < 4.78 is 1.76. The number of rotatable bonds is 3. The number of piperidine rings is 1. The van der Waals surface area contributed by atoms with Crippen molar-refractivity contribution in [3.05, 3.63) is 46.9 Å². The molecule has 3 aromatic rings. The van der Waals surface area contributed by atoms with Crippen LogP contribution in [0.3, 0.4) is 0 Å². The molecule has 3 heterocycles. The van der Waals surface area contributed by atoms with E-state index in [0.29, 0.717) is 23.0 Å². The number of fused-ring (bicyclic) bond motifs is 1. The summed E-state index contributed by atoms with van der Waals surface area (Å²) in [5.74, 6) is 1.65. The van der Waals surface area contributed by atoms with Crippen molar-refractivity contribution in [1.29, 1.82) is 0 Å². The molecule has 0 unspecified atom stereocenters. The van der Waals surface area contributed by atoms with Gasteiger partial charge in [0.15, 0.2) is 11.4 Å². The number of hydrogen-bond acceptors (Lipinski definition) is 5. The Morgan fingerprint density at radius 3 is 2.96 bits per heavy atom. The fourth-order valence-electron chi connectivity index (χ4n) is 3.62. The van der Waals surface area contributed by atoms with Crippen LogP contribution in [0.2, 0.25) is 5.02 Å². The zero-order chi connectivity index (χ0) is 18.3. The van der Waals surface area contributed by atoms with Crippen LogP contribution < -0.4 is 4.90 Å². The minimum absolute atomic E-state index is 0.0655. The zero-order valence-corrected chi connectivity index (χ0v) is 15.6. The van der Waals surface area contributed by atoms with Gasteiger partial charge in [0.05, 0.1) is 11.6 Å². The number of carbonyl (C=O) groups excluding carboxylic acids is 1. The van der Waals surface area contributed by atoms with E-state index in [-0.39, 0.29) is 11.7 Å². The van der Waals surface area contributed by atoms with Gasteiger partial charge in [-0.05, 0) is 31.9 Å². The van der Waals surface area contributed by atoms with Gasteiger partial charge in [0.25, 0.3) is 0 Å². The lowest BCUT2D eigenvalue weighted by Gasteiger charge is -2.33. The summed E-state index contributed by atoms with van der Waals surface area (Å²) in [4.78, 5) is 24.2. The van der Waals surface area contributed by atoms with Crippen molar-refractivity contribution in [3.8, 4) is 0 Å². The Balaban J connectivity index is 1.64. The predicted molar refractivity (Wildman–Crippen MR) is 102 cm³/mol. The molecule has 0 bridgehead atoms. The zero-order valence-electron chi connectivity index (χ0n) is 14.8. The second kappa shape index (κ2) is 6.68. The van der Waals surface area contributed by atoms with E-state index in [2.05, 4.69) is 20.0 Å². The van der Waals surface area contributed by atoms with Crippen LogP contribution in [0, 0.1) is 12.8 Å². The van der Waals surface area contributed by atoms with Crippen molar-refractivity contribution in [2.45, 2.75) is 19.8 Å². The Hall–Kier alpha value is -2.47. The molecular weight excluding hydrogens is 350 g/mol. The lowest BCUT2D eigenvalue weighted by molar-refractivity contribution is 0.0907. The Morgan fingerprint density at radius 2 is 2.15 bits per heavy atom. The van der Waals surface area contributed by atoms with Crippen LogP contribution in [0.15, 0.2) is 30.5 Å². The van der Waals surface area contributed by atoms with Gasteiger partial charge in [0.2, 0.25) is 0 Å². The average molecular weight is 370 g/mol. The van der Waals surface area contributed by atoms with Crippen molar-refractivity contribution in [2.24, 2.45) is 13.0 Å². The molecule has 1 fully saturated rings. The number of nitrogens with zero attached hydrogens (tertiary/aromatic N) is 5. The van der Waals surface area contributed by atoms with E-state index in [1.165, 1.54) is 0 Å². The van der Waals surface area contributed by atoms with Gasteiger partial charge in [-0.25, -0.2) is 9.97 Å². The smallest absolute Gasteiger partial charge is 0.167 e. The molecule has 1 aromatic carbocycles. The van der Waals surface area contributed by atoms with E-state index in [1.54, 1.807) is 23.0 Å². The maximum atomic E-state index is 12.9. The van der Waals surface area contributed by atoms with Crippen LogP contribution in [0.25, 0.3) is 11.0 Å². The van der Waals surface area contributed by atoms with Crippen LogP contribution in [-0.2, 0) is 7.05 Å². The molecule has 134 valence electrons. The Bertz CT molecular complexity index is 983. The van der Waals surface area contributed by atoms with Crippen LogP contribution in [-0.4, -0.2) is 38.6 Å². The van der Waals surface area contributed by atoms with Crippen molar-refractivity contribution in [2.75, 3.05) is 18.0 Å². The number of ketones is 1. The summed E-state index contributed by atoms with van der Waals surface area (Å²) >= 11 is 6.05. The largest absolute Gasteiger partial charge is 0.355 e. The molecule has 2 aromatic heterocycles. The summed E-state index contributed by atoms with van der Waals surface area (Å²) in [6, 6.07) is 7.19. The monoisotopic (exact) mass is 369 g/mol. The molecule has 0 N–H and O–H groups in total. The lowest BCUT2D eigenvalue weighted by Crippen LogP contribution is -2.39. The maximum absolute atomic E-state index is 12.9. The third-order valence-corrected chi connectivity index (χ3v) is 5.12. The van der Waals surface area contributed by atoms with Crippen LogP contribution in [0.1, 0.15) is 29.0 Å². The first-order valence-corrected chi connectivity index (χ1v) is 9.12. The van der Waals surface area contributed by atoms with E-state index in [4.69, 9.17) is 11.6 Å². The normalized spacial score (nSPS) is 17.7. The maximum Gasteiger partial charge on any atom is 0.167 e. The van der Waals surface area contributed by atoms with E-state index >= 15 is 0 Å². The third-order valence-electron chi connectivity index (χ3n) is 4.88. The van der Waals surface area contributed by atoms with Crippen LogP contribution >= 0.6 is 11.6 Å². The molecule has 0 saturated carbocycles. The number of halogens is 1. The Morgan fingerprint density at radius 1 is 1.31 bits per heavy atom. The molecular formula is C19H20ClN5O. The van der Waals surface area contributed by atoms with E-state index in [9.17, 15) is 4.79 Å². The van der Waals surface area contributed by atoms with Crippen molar-refractivity contribution in [3.63, 3.8) is 0 Å². The van der Waals surface area contributed by atoms with E-state index < -0.39 is 0 Å². The molecule has 1 aliphatic rings. The number of anilines is 1. The Labute approximate surface area is 156 Å². The first-order valence-electron chi connectivity index (χ1n) is 8.74. The molecule has 1 saturated heterocycles. The van der Waals surface area contributed by atoms with Gasteiger partial charge in [0, 0.05) is 36.6 Å². The van der Waals surface area contributed by atoms with Gasteiger partial charge in [0.1, 0.15) is 11.6 Å². The molecule has 4 rings (SSSR count). The topological polar surface area (TPSA) is 63.9 Å². The van der Waals surface area contributed by atoms with E-state index in [0.717, 1.165) is 36.2 Å². The highest BCUT2D eigenvalue weighted by Crippen LogP contribution is 2.29. The second-order valence-electron chi connectivity index (χ2n) is 6.76. The summed E-state index contributed by atoms with van der Waals surface area (Å²) in [5.41, 5.74) is 1.49. The number of benzene rings is 1. The van der Waals surface area contributed by atoms with Gasteiger partial charge in [-0.15, -0.1) is 0 Å². The molecule has 6 nitrogen and oxygen atoms in total. The van der Waals surface area contributed by atoms with Gasteiger partial charge in [-0.1, -0.05) is 23.7 Å². The van der Waals surface area contributed by atoms with Crippen LogP contribution in [0.4, 0.5) is 5.82 Å². The van der Waals surface area contributed by atoms with Crippen molar-refractivity contribution >= 4 is 34.2 Å². The van der Waals surface area contributed by atoms with E-state index in [1.807, 2.05) is 26.1 Å². The van der Waals surface area contributed by atoms with Gasteiger partial charge in [-0.3, -0.25) is 9.48 Å². The summed E-state index contributed by atoms with van der Waals surface area (Å²) in [7, 11) is 1.88. The highest BCUT2D eigenvalue weighted by molar-refractivity contribution is 6.31. The molecule has 0 aliphatic carbocycles. The van der Waals surface area contributed by atoms with Crippen molar-refractivity contribution in [1.82, 2.24) is 19.7 Å². The summed E-state index contributed by atoms with van der Waals surface area (Å²) in [5, 5.41) is 5.82. The SMILES string of the molecule is Cc1nc(N2CCC[C@@H](C(=O)c3cccc(Cl)c3)C2)c2cnn(C)c2n1. The Kier molecular flexibility index (Phi) is 4.36. The average Bonchev–Trinajstić information content (AvgIpc) is 3.01. The van der Waals surface area contributed by atoms with Crippen molar-refractivity contribution < 1.29 is 4.79 Å². The first-order chi connectivity index (χ1) is 12.5. The molecule has 0 radical (unpaired) electrons. The van der Waals surface area contributed by atoms with Gasteiger partial charge in [-0.2, -0.15) is 5.10 Å². The number of Topliss-reactive ketones (excluding diaryl/α,β-unsaturated/α-hetero) is 1. The number of aromatic nitrogens is 4. The number of aryl methyl sites for hydroxylation is 2. The van der Waals surface area contributed by atoms with Gasteiger partial charge < -0.3 is 4.90 Å². The molecule has 26 heavy (non-hydrogen) atoms. The number of hydrogen-bond donors (Lipinski definition) is 0. The fraction of sp³-hybridized carbons (Fsp3) is 0.368. The molecule has 0 amide bonds. The minimum Gasteiger partial charge on any atom is -0.355 e. The minimum atomic E-state index is -0.0655. The molecule has 1 aliphatic heterocycles.